The molecule has 0 amide bonds. The minimum atomic E-state index is -1.12. The van der Waals surface area contributed by atoms with Crippen LogP contribution in [0.5, 0.6) is 0 Å². The minimum absolute atomic E-state index is 0.651. The van der Waals surface area contributed by atoms with Crippen LogP contribution in [0.4, 0.5) is 4.39 Å². The summed E-state index contributed by atoms with van der Waals surface area (Å²) in [5.74, 6) is 0. The van der Waals surface area contributed by atoms with Crippen LogP contribution in [0.15, 0.2) is 34.3 Å². The van der Waals surface area contributed by atoms with Crippen molar-refractivity contribution in [3.05, 3.63) is 41.9 Å². The Morgan fingerprint density at radius 3 is 2.17 bits per heavy atom. The first-order valence-electron chi connectivity index (χ1n) is 3.70. The van der Waals surface area contributed by atoms with Gasteiger partial charge in [-0.2, -0.15) is 0 Å². The summed E-state index contributed by atoms with van der Waals surface area (Å²) in [7, 11) is 0. The lowest BCUT2D eigenvalue weighted by Gasteiger charge is -2.10. The van der Waals surface area contributed by atoms with Gasteiger partial charge in [0, 0.05) is 0 Å². The SMILES string of the molecule is [CH2]C1(CF)N=c2ccccc2=N1. The molecule has 0 bridgehead atoms. The van der Waals surface area contributed by atoms with Crippen molar-refractivity contribution < 1.29 is 4.39 Å². The van der Waals surface area contributed by atoms with E-state index in [0.29, 0.717) is 0 Å². The average molecular weight is 163 g/mol. The Labute approximate surface area is 69.5 Å². The van der Waals surface area contributed by atoms with Gasteiger partial charge in [-0.05, 0) is 19.1 Å². The van der Waals surface area contributed by atoms with Crippen molar-refractivity contribution in [1.82, 2.24) is 0 Å². The summed E-state index contributed by atoms with van der Waals surface area (Å²) >= 11 is 0. The van der Waals surface area contributed by atoms with Crippen LogP contribution in [-0.2, 0) is 0 Å². The largest absolute Gasteiger partial charge is 0.250 e. The molecular formula is C9H8FN2. The molecule has 2 nitrogen and oxygen atoms in total. The maximum absolute atomic E-state index is 12.4. The lowest BCUT2D eigenvalue weighted by atomic mass is 10.3. The first kappa shape index (κ1) is 7.40. The Hall–Kier alpha value is -1.25. The highest BCUT2D eigenvalue weighted by atomic mass is 19.1. The predicted molar refractivity (Wildman–Crippen MR) is 42.8 cm³/mol. The second-order valence-corrected chi connectivity index (χ2v) is 2.83. The van der Waals surface area contributed by atoms with Crippen molar-refractivity contribution in [1.29, 1.82) is 0 Å². The summed E-state index contributed by atoms with van der Waals surface area (Å²) in [5, 5.41) is 1.45. The van der Waals surface area contributed by atoms with E-state index >= 15 is 0 Å². The summed E-state index contributed by atoms with van der Waals surface area (Å²) < 4.78 is 12.4. The molecular weight excluding hydrogens is 155 g/mol. The van der Waals surface area contributed by atoms with Crippen molar-refractivity contribution in [2.75, 3.05) is 6.67 Å². The molecule has 61 valence electrons. The van der Waals surface area contributed by atoms with Crippen molar-refractivity contribution >= 4 is 0 Å². The molecule has 0 aromatic heterocycles. The van der Waals surface area contributed by atoms with Gasteiger partial charge in [-0.15, -0.1) is 0 Å². The Balaban J connectivity index is 2.68. The summed E-state index contributed by atoms with van der Waals surface area (Å²) in [6, 6.07) is 7.31. The number of alkyl halides is 1. The van der Waals surface area contributed by atoms with Gasteiger partial charge in [0.15, 0.2) is 5.66 Å². The number of hydrogen-bond donors (Lipinski definition) is 0. The van der Waals surface area contributed by atoms with Crippen LogP contribution in [0.25, 0.3) is 0 Å². The van der Waals surface area contributed by atoms with E-state index in [1.54, 1.807) is 12.1 Å². The van der Waals surface area contributed by atoms with Crippen molar-refractivity contribution in [3.63, 3.8) is 0 Å². The van der Waals surface area contributed by atoms with Gasteiger partial charge in [0.1, 0.15) is 6.67 Å². The van der Waals surface area contributed by atoms with Crippen molar-refractivity contribution in [2.45, 2.75) is 5.66 Å². The maximum atomic E-state index is 12.4. The van der Waals surface area contributed by atoms with E-state index in [-0.39, 0.29) is 0 Å². The van der Waals surface area contributed by atoms with Gasteiger partial charge in [0.2, 0.25) is 0 Å². The molecule has 0 saturated heterocycles. The molecule has 0 spiro atoms. The van der Waals surface area contributed by atoms with Gasteiger partial charge in [0.05, 0.1) is 10.7 Å². The molecule has 1 aliphatic heterocycles. The van der Waals surface area contributed by atoms with E-state index in [1.165, 1.54) is 0 Å². The third-order valence-electron chi connectivity index (χ3n) is 1.75. The molecule has 0 unspecified atom stereocenters. The lowest BCUT2D eigenvalue weighted by molar-refractivity contribution is 0.369. The van der Waals surface area contributed by atoms with Crippen LogP contribution in [0, 0.1) is 6.92 Å². The van der Waals surface area contributed by atoms with E-state index in [0.717, 1.165) is 10.7 Å². The van der Waals surface area contributed by atoms with E-state index in [9.17, 15) is 4.39 Å². The quantitative estimate of drug-likeness (QED) is 0.574. The topological polar surface area (TPSA) is 24.7 Å². The number of halogens is 1. The number of rotatable bonds is 1. The van der Waals surface area contributed by atoms with Crippen LogP contribution >= 0.6 is 0 Å². The molecule has 1 heterocycles. The maximum Gasteiger partial charge on any atom is 0.179 e. The highest BCUT2D eigenvalue weighted by Gasteiger charge is 2.24. The highest BCUT2D eigenvalue weighted by Crippen LogP contribution is 2.11. The third kappa shape index (κ3) is 1.02. The number of nitrogens with zero attached hydrogens (tertiary/aromatic N) is 2. The summed E-state index contributed by atoms with van der Waals surface area (Å²) in [6.45, 7) is 2.94. The summed E-state index contributed by atoms with van der Waals surface area (Å²) in [6.07, 6.45) is 0. The molecule has 3 heteroatoms. The van der Waals surface area contributed by atoms with Gasteiger partial charge in [0.25, 0.3) is 0 Å². The molecule has 0 atom stereocenters. The number of benzene rings is 1. The van der Waals surface area contributed by atoms with Crippen molar-refractivity contribution in [2.24, 2.45) is 9.98 Å². The molecule has 0 aliphatic carbocycles. The van der Waals surface area contributed by atoms with E-state index in [4.69, 9.17) is 0 Å². The summed E-state index contributed by atoms with van der Waals surface area (Å²) in [5.41, 5.74) is -1.12. The fourth-order valence-corrected chi connectivity index (χ4v) is 1.19. The zero-order valence-electron chi connectivity index (χ0n) is 6.50. The lowest BCUT2D eigenvalue weighted by Crippen LogP contribution is -2.20. The second kappa shape index (κ2) is 2.37. The normalized spacial score (nSPS) is 17.8. The van der Waals surface area contributed by atoms with Crippen LogP contribution < -0.4 is 10.7 Å². The standard InChI is InChI=1S/C9H8FN2/c1-9(6-10)11-7-4-2-3-5-8(7)12-9/h2-5H,1,6H2. The van der Waals surface area contributed by atoms with Crippen molar-refractivity contribution in [3.8, 4) is 0 Å². The molecule has 1 aromatic rings. The Morgan fingerprint density at radius 1 is 1.25 bits per heavy atom. The highest BCUT2D eigenvalue weighted by molar-refractivity contribution is 5.08. The van der Waals surface area contributed by atoms with E-state index in [2.05, 4.69) is 16.9 Å². The van der Waals surface area contributed by atoms with Gasteiger partial charge >= 0.3 is 0 Å². The fraction of sp³-hybridized carbons (Fsp3) is 0.222. The molecule has 12 heavy (non-hydrogen) atoms. The first-order chi connectivity index (χ1) is 5.73. The molecule has 1 radical (unpaired) electrons. The minimum Gasteiger partial charge on any atom is -0.250 e. The van der Waals surface area contributed by atoms with Gasteiger partial charge < -0.3 is 0 Å². The zero-order valence-corrected chi connectivity index (χ0v) is 6.50. The number of para-hydroxylation sites is 2. The number of fused-ring (bicyclic) bond motifs is 1. The Bertz CT molecular complexity index is 376. The smallest absolute Gasteiger partial charge is 0.179 e. The molecule has 1 aromatic carbocycles. The van der Waals surface area contributed by atoms with E-state index in [1.807, 2.05) is 12.1 Å². The third-order valence-corrected chi connectivity index (χ3v) is 1.75. The molecule has 0 fully saturated rings. The monoisotopic (exact) mass is 163 g/mol. The van der Waals surface area contributed by atoms with E-state index < -0.39 is 12.3 Å². The second-order valence-electron chi connectivity index (χ2n) is 2.83. The van der Waals surface area contributed by atoms with Gasteiger partial charge in [-0.3, -0.25) is 9.98 Å². The molecule has 2 rings (SSSR count). The van der Waals surface area contributed by atoms with Gasteiger partial charge in [-0.25, -0.2) is 4.39 Å². The van der Waals surface area contributed by atoms with Crippen LogP contribution in [0.1, 0.15) is 0 Å². The van der Waals surface area contributed by atoms with Gasteiger partial charge in [-0.1, -0.05) is 12.1 Å². The Kier molecular flexibility index (Phi) is 1.46. The fourth-order valence-electron chi connectivity index (χ4n) is 1.19. The number of hydrogen-bond acceptors (Lipinski definition) is 2. The van der Waals surface area contributed by atoms with Crippen LogP contribution in [0.2, 0.25) is 0 Å². The molecule has 0 saturated carbocycles. The molecule has 1 aliphatic rings. The summed E-state index contributed by atoms with van der Waals surface area (Å²) in [4.78, 5) is 8.10. The predicted octanol–water partition coefficient (Wildman–Crippen LogP) is 0.439. The molecule has 0 N–H and O–H groups in total. The average Bonchev–Trinajstić information content (AvgIpc) is 2.42. The first-order valence-corrected chi connectivity index (χ1v) is 3.70. The van der Waals surface area contributed by atoms with Crippen LogP contribution in [-0.4, -0.2) is 12.3 Å². The zero-order chi connectivity index (χ0) is 8.60. The van der Waals surface area contributed by atoms with Crippen LogP contribution in [0.3, 0.4) is 0 Å². The Morgan fingerprint density at radius 2 is 1.75 bits per heavy atom.